The Morgan fingerprint density at radius 1 is 1.21 bits per heavy atom. The summed E-state index contributed by atoms with van der Waals surface area (Å²) in [7, 11) is -3.28. The molecule has 0 bridgehead atoms. The summed E-state index contributed by atoms with van der Waals surface area (Å²) in [5, 5.41) is 0.556. The van der Waals surface area contributed by atoms with E-state index in [0.717, 1.165) is 5.56 Å². The van der Waals surface area contributed by atoms with Crippen LogP contribution in [0.4, 0.5) is 0 Å². The van der Waals surface area contributed by atoms with Gasteiger partial charge >= 0.3 is 5.69 Å². The number of hydrogen-bond acceptors (Lipinski definition) is 4. The molecule has 2 aromatic rings. The van der Waals surface area contributed by atoms with Gasteiger partial charge in [0.2, 0.25) is 0 Å². The molecule has 0 saturated heterocycles. The van der Waals surface area contributed by atoms with E-state index in [9.17, 15) is 18.0 Å². The second-order valence-electron chi connectivity index (χ2n) is 5.69. The third-order valence-electron chi connectivity index (χ3n) is 3.69. The Morgan fingerprint density at radius 2 is 1.92 bits per heavy atom. The number of aryl methyl sites for hydroxylation is 1. The van der Waals surface area contributed by atoms with E-state index in [1.807, 2.05) is 19.1 Å². The first kappa shape index (κ1) is 18.5. The van der Waals surface area contributed by atoms with Crippen molar-refractivity contribution in [1.82, 2.24) is 9.55 Å². The number of halogens is 1. The van der Waals surface area contributed by atoms with Gasteiger partial charge in [0.15, 0.2) is 9.84 Å². The lowest BCUT2D eigenvalue weighted by Crippen LogP contribution is -2.29. The number of H-pyrrole nitrogens is 1. The maximum absolute atomic E-state index is 12.3. The minimum absolute atomic E-state index is 0.00272. The Hall–Kier alpha value is -1.86. The van der Waals surface area contributed by atoms with E-state index in [1.165, 1.54) is 16.8 Å². The molecular weight excluding hydrogens is 352 g/mol. The van der Waals surface area contributed by atoms with Crippen LogP contribution in [-0.4, -0.2) is 29.5 Å². The van der Waals surface area contributed by atoms with Crippen molar-refractivity contribution in [2.75, 3.05) is 11.5 Å². The van der Waals surface area contributed by atoms with Crippen LogP contribution in [0.1, 0.15) is 24.8 Å². The SMILES string of the molecule is C[C@@H](CS(=O)(=O)CCCn1ccc(=O)[nH]c1=O)c1ccccc1Cl. The largest absolute Gasteiger partial charge is 0.328 e. The normalized spacial score (nSPS) is 12.9. The van der Waals surface area contributed by atoms with Gasteiger partial charge in [0.25, 0.3) is 5.56 Å². The van der Waals surface area contributed by atoms with Crippen LogP contribution >= 0.6 is 11.6 Å². The lowest BCUT2D eigenvalue weighted by Gasteiger charge is -2.14. The van der Waals surface area contributed by atoms with Crippen molar-refractivity contribution < 1.29 is 8.42 Å². The van der Waals surface area contributed by atoms with Gasteiger partial charge in [-0.15, -0.1) is 0 Å². The van der Waals surface area contributed by atoms with Gasteiger partial charge in [-0.05, 0) is 24.0 Å². The molecule has 130 valence electrons. The fourth-order valence-electron chi connectivity index (χ4n) is 2.50. The van der Waals surface area contributed by atoms with Gasteiger partial charge in [-0.3, -0.25) is 9.78 Å². The zero-order valence-electron chi connectivity index (χ0n) is 13.2. The molecule has 8 heteroatoms. The Bertz CT molecular complexity index is 918. The van der Waals surface area contributed by atoms with Crippen molar-refractivity contribution in [3.05, 3.63) is 68.0 Å². The van der Waals surface area contributed by atoms with Crippen LogP contribution in [0.25, 0.3) is 0 Å². The second-order valence-corrected chi connectivity index (χ2v) is 8.33. The van der Waals surface area contributed by atoms with Crippen LogP contribution in [0.15, 0.2) is 46.1 Å². The van der Waals surface area contributed by atoms with Gasteiger partial charge in [0, 0.05) is 23.8 Å². The summed E-state index contributed by atoms with van der Waals surface area (Å²) in [6.45, 7) is 2.06. The van der Waals surface area contributed by atoms with Crippen molar-refractivity contribution in [3.8, 4) is 0 Å². The fourth-order valence-corrected chi connectivity index (χ4v) is 4.50. The molecule has 1 aromatic heterocycles. The third kappa shape index (κ3) is 5.07. The summed E-state index contributed by atoms with van der Waals surface area (Å²) >= 11 is 6.10. The predicted molar refractivity (Wildman–Crippen MR) is 94.5 cm³/mol. The minimum atomic E-state index is -3.28. The highest BCUT2D eigenvalue weighted by molar-refractivity contribution is 7.91. The summed E-state index contributed by atoms with van der Waals surface area (Å²) in [4.78, 5) is 24.7. The molecule has 0 radical (unpaired) electrons. The zero-order valence-corrected chi connectivity index (χ0v) is 14.8. The summed E-state index contributed by atoms with van der Waals surface area (Å²) in [6, 6.07) is 8.42. The maximum Gasteiger partial charge on any atom is 0.328 e. The van der Waals surface area contributed by atoms with Gasteiger partial charge in [-0.1, -0.05) is 36.7 Å². The number of aromatic amines is 1. The van der Waals surface area contributed by atoms with Gasteiger partial charge in [-0.25, -0.2) is 13.2 Å². The van der Waals surface area contributed by atoms with Gasteiger partial charge in [0.1, 0.15) is 0 Å². The fraction of sp³-hybridized carbons (Fsp3) is 0.375. The molecule has 0 saturated carbocycles. The Morgan fingerprint density at radius 3 is 2.58 bits per heavy atom. The molecule has 1 aromatic carbocycles. The first-order chi connectivity index (χ1) is 11.3. The molecule has 1 atom stereocenters. The number of rotatable bonds is 7. The molecule has 0 amide bonds. The first-order valence-corrected chi connectivity index (χ1v) is 9.73. The van der Waals surface area contributed by atoms with E-state index in [1.54, 1.807) is 12.1 Å². The van der Waals surface area contributed by atoms with E-state index in [-0.39, 0.29) is 24.0 Å². The van der Waals surface area contributed by atoms with E-state index in [4.69, 9.17) is 11.6 Å². The highest BCUT2D eigenvalue weighted by atomic mass is 35.5. The van der Waals surface area contributed by atoms with E-state index < -0.39 is 21.1 Å². The smallest absolute Gasteiger partial charge is 0.301 e. The van der Waals surface area contributed by atoms with Crippen molar-refractivity contribution >= 4 is 21.4 Å². The zero-order chi connectivity index (χ0) is 17.7. The molecule has 0 aliphatic heterocycles. The van der Waals surface area contributed by atoms with E-state index >= 15 is 0 Å². The molecule has 2 rings (SSSR count). The number of aromatic nitrogens is 2. The van der Waals surface area contributed by atoms with Crippen molar-refractivity contribution in [2.24, 2.45) is 0 Å². The highest BCUT2D eigenvalue weighted by Crippen LogP contribution is 2.25. The monoisotopic (exact) mass is 370 g/mol. The van der Waals surface area contributed by atoms with Gasteiger partial charge < -0.3 is 4.57 Å². The molecule has 6 nitrogen and oxygen atoms in total. The average molecular weight is 371 g/mol. The molecule has 0 aliphatic rings. The molecule has 0 fully saturated rings. The topological polar surface area (TPSA) is 89.0 Å². The lowest BCUT2D eigenvalue weighted by molar-refractivity contribution is 0.576. The molecule has 0 unspecified atom stereocenters. The number of hydrogen-bond donors (Lipinski definition) is 1. The highest BCUT2D eigenvalue weighted by Gasteiger charge is 2.18. The Balaban J connectivity index is 1.95. The number of benzene rings is 1. The van der Waals surface area contributed by atoms with Crippen LogP contribution in [0.5, 0.6) is 0 Å². The van der Waals surface area contributed by atoms with Gasteiger partial charge in [0.05, 0.1) is 11.5 Å². The average Bonchev–Trinajstić information content (AvgIpc) is 2.49. The van der Waals surface area contributed by atoms with Crippen LogP contribution in [0.2, 0.25) is 5.02 Å². The van der Waals surface area contributed by atoms with Crippen LogP contribution in [0, 0.1) is 0 Å². The molecule has 0 aliphatic carbocycles. The Kier molecular flexibility index (Phi) is 6.01. The van der Waals surface area contributed by atoms with Crippen molar-refractivity contribution in [2.45, 2.75) is 25.8 Å². The predicted octanol–water partition coefficient (Wildman–Crippen LogP) is 1.80. The molecule has 24 heavy (non-hydrogen) atoms. The van der Waals surface area contributed by atoms with Crippen LogP contribution in [0.3, 0.4) is 0 Å². The van der Waals surface area contributed by atoms with Crippen LogP contribution < -0.4 is 11.2 Å². The quantitative estimate of drug-likeness (QED) is 0.804. The molecule has 1 N–H and O–H groups in total. The number of nitrogens with one attached hydrogen (secondary N) is 1. The standard InChI is InChI=1S/C16H19ClN2O4S/c1-12(13-5-2-3-6-14(13)17)11-24(22,23)10-4-8-19-9-7-15(20)18-16(19)21/h2-3,5-7,9,12H,4,8,10-11H2,1H3,(H,18,20,21)/t12-/m0/s1. The Labute approximate surface area is 145 Å². The molecule has 1 heterocycles. The summed E-state index contributed by atoms with van der Waals surface area (Å²) < 4.78 is 25.8. The summed E-state index contributed by atoms with van der Waals surface area (Å²) in [5.74, 6) is -0.246. The lowest BCUT2D eigenvalue weighted by atomic mass is 10.0. The van der Waals surface area contributed by atoms with E-state index in [2.05, 4.69) is 4.98 Å². The van der Waals surface area contributed by atoms with Crippen LogP contribution in [-0.2, 0) is 16.4 Å². The van der Waals surface area contributed by atoms with Crippen molar-refractivity contribution in [1.29, 1.82) is 0 Å². The minimum Gasteiger partial charge on any atom is -0.301 e. The first-order valence-electron chi connectivity index (χ1n) is 7.53. The second kappa shape index (κ2) is 7.81. The summed E-state index contributed by atoms with van der Waals surface area (Å²) in [6.07, 6.45) is 1.66. The molecular formula is C16H19ClN2O4S. The van der Waals surface area contributed by atoms with Crippen molar-refractivity contribution in [3.63, 3.8) is 0 Å². The molecule has 0 spiro atoms. The van der Waals surface area contributed by atoms with Gasteiger partial charge in [-0.2, -0.15) is 0 Å². The van der Waals surface area contributed by atoms with E-state index in [0.29, 0.717) is 11.4 Å². The maximum atomic E-state index is 12.3. The summed E-state index contributed by atoms with van der Waals surface area (Å²) in [5.41, 5.74) is -0.207. The third-order valence-corrected chi connectivity index (χ3v) is 5.95. The number of sulfone groups is 1. The number of nitrogens with zero attached hydrogens (tertiary/aromatic N) is 1.